The predicted molar refractivity (Wildman–Crippen MR) is 81.2 cm³/mol. The molecule has 1 unspecified atom stereocenters. The van der Waals surface area contributed by atoms with Crippen molar-refractivity contribution in [2.24, 2.45) is 4.99 Å². The maximum absolute atomic E-state index is 12.1. The van der Waals surface area contributed by atoms with Crippen molar-refractivity contribution in [2.75, 3.05) is 26.7 Å². The van der Waals surface area contributed by atoms with E-state index in [0.29, 0.717) is 25.5 Å². The molecule has 0 aromatic heterocycles. The van der Waals surface area contributed by atoms with Crippen LogP contribution in [0.4, 0.5) is 8.78 Å². The van der Waals surface area contributed by atoms with E-state index in [1.165, 1.54) is 7.05 Å². The molecular weight excluding hydrogens is 369 g/mol. The standard InChI is InChI=1S/C11H20F2N4O.HI/c1-3-10(18)17-5-4-8(7-17)16-11(14-2)15-6-9(12)13;/h8-9H,3-7H2,1-2H3,(H2,14,15,16);1H. The molecule has 1 aliphatic rings. The highest BCUT2D eigenvalue weighted by Crippen LogP contribution is 2.10. The summed E-state index contributed by atoms with van der Waals surface area (Å²) in [5.41, 5.74) is 0. The summed E-state index contributed by atoms with van der Waals surface area (Å²) in [6.45, 7) is 2.70. The van der Waals surface area contributed by atoms with Gasteiger partial charge in [0.2, 0.25) is 5.91 Å². The smallest absolute Gasteiger partial charge is 0.255 e. The summed E-state index contributed by atoms with van der Waals surface area (Å²) in [6.07, 6.45) is -1.11. The molecule has 1 fully saturated rings. The Labute approximate surface area is 129 Å². The zero-order valence-electron chi connectivity index (χ0n) is 11.2. The van der Waals surface area contributed by atoms with Crippen LogP contribution in [0.1, 0.15) is 19.8 Å². The Bertz CT molecular complexity index is 315. The Morgan fingerprint density at radius 2 is 2.21 bits per heavy atom. The number of rotatable bonds is 4. The Morgan fingerprint density at radius 1 is 1.53 bits per heavy atom. The molecule has 0 radical (unpaired) electrons. The lowest BCUT2D eigenvalue weighted by molar-refractivity contribution is -0.129. The van der Waals surface area contributed by atoms with E-state index >= 15 is 0 Å². The van der Waals surface area contributed by atoms with Gasteiger partial charge in [0.25, 0.3) is 6.43 Å². The molecule has 2 N–H and O–H groups in total. The number of carbonyl (C=O) groups is 1. The largest absolute Gasteiger partial charge is 0.352 e. The molecule has 1 saturated heterocycles. The zero-order valence-corrected chi connectivity index (χ0v) is 13.5. The number of halogens is 3. The molecule has 0 spiro atoms. The molecule has 112 valence electrons. The molecule has 5 nitrogen and oxygen atoms in total. The normalized spacial score (nSPS) is 19.3. The molecule has 0 aromatic carbocycles. The van der Waals surface area contributed by atoms with Crippen LogP contribution < -0.4 is 10.6 Å². The van der Waals surface area contributed by atoms with E-state index in [1.807, 2.05) is 6.92 Å². The first-order chi connectivity index (χ1) is 8.56. The van der Waals surface area contributed by atoms with Crippen molar-refractivity contribution in [1.29, 1.82) is 0 Å². The number of nitrogens with zero attached hydrogens (tertiary/aromatic N) is 2. The van der Waals surface area contributed by atoms with Crippen LogP contribution in [0, 0.1) is 0 Å². The van der Waals surface area contributed by atoms with Gasteiger partial charge >= 0.3 is 0 Å². The number of aliphatic imine (C=N–C) groups is 1. The minimum atomic E-state index is -2.41. The fourth-order valence-corrected chi connectivity index (χ4v) is 1.89. The van der Waals surface area contributed by atoms with Crippen LogP contribution in [0.25, 0.3) is 0 Å². The number of amides is 1. The van der Waals surface area contributed by atoms with Crippen molar-refractivity contribution < 1.29 is 13.6 Å². The predicted octanol–water partition coefficient (Wildman–Crippen LogP) is 1.05. The van der Waals surface area contributed by atoms with Crippen LogP contribution >= 0.6 is 24.0 Å². The Balaban J connectivity index is 0.00000324. The van der Waals surface area contributed by atoms with Crippen molar-refractivity contribution in [3.8, 4) is 0 Å². The third kappa shape index (κ3) is 6.35. The molecule has 1 heterocycles. The van der Waals surface area contributed by atoms with Gasteiger partial charge in [-0.3, -0.25) is 9.79 Å². The summed E-state index contributed by atoms with van der Waals surface area (Å²) < 4.78 is 24.1. The summed E-state index contributed by atoms with van der Waals surface area (Å²) in [5.74, 6) is 0.473. The van der Waals surface area contributed by atoms with Gasteiger partial charge in [0.05, 0.1) is 6.54 Å². The minimum Gasteiger partial charge on any atom is -0.352 e. The Hall–Kier alpha value is -0.670. The fourth-order valence-electron chi connectivity index (χ4n) is 1.89. The number of carbonyl (C=O) groups excluding carboxylic acids is 1. The van der Waals surface area contributed by atoms with E-state index in [2.05, 4.69) is 15.6 Å². The van der Waals surface area contributed by atoms with Crippen LogP contribution in [0.2, 0.25) is 0 Å². The van der Waals surface area contributed by atoms with Gasteiger partial charge in [0, 0.05) is 32.6 Å². The first-order valence-electron chi connectivity index (χ1n) is 6.10. The van der Waals surface area contributed by atoms with Gasteiger partial charge < -0.3 is 15.5 Å². The van der Waals surface area contributed by atoms with Gasteiger partial charge in [-0.25, -0.2) is 8.78 Å². The van der Waals surface area contributed by atoms with Gasteiger partial charge in [-0.1, -0.05) is 6.92 Å². The van der Waals surface area contributed by atoms with Crippen LogP contribution in [-0.2, 0) is 4.79 Å². The molecule has 8 heteroatoms. The quantitative estimate of drug-likeness (QED) is 0.429. The van der Waals surface area contributed by atoms with Crippen molar-refractivity contribution in [1.82, 2.24) is 15.5 Å². The van der Waals surface area contributed by atoms with Gasteiger partial charge in [-0.05, 0) is 6.42 Å². The number of guanidine groups is 1. The second kappa shape index (κ2) is 9.27. The van der Waals surface area contributed by atoms with E-state index < -0.39 is 13.0 Å². The van der Waals surface area contributed by atoms with E-state index in [1.54, 1.807) is 4.90 Å². The van der Waals surface area contributed by atoms with Crippen LogP contribution in [0.5, 0.6) is 0 Å². The van der Waals surface area contributed by atoms with Gasteiger partial charge in [0.15, 0.2) is 5.96 Å². The summed E-state index contributed by atoms with van der Waals surface area (Å²) >= 11 is 0. The van der Waals surface area contributed by atoms with Crippen molar-refractivity contribution in [3.05, 3.63) is 0 Å². The molecule has 1 aliphatic heterocycles. The molecular formula is C11H21F2IN4O. The molecule has 0 aliphatic carbocycles. The fraction of sp³-hybridized carbons (Fsp3) is 0.818. The second-order valence-corrected chi connectivity index (χ2v) is 4.17. The maximum atomic E-state index is 12.1. The molecule has 19 heavy (non-hydrogen) atoms. The SMILES string of the molecule is CCC(=O)N1CCC(NC(=NC)NCC(F)F)C1.I. The molecule has 0 bridgehead atoms. The molecule has 0 saturated carbocycles. The van der Waals surface area contributed by atoms with Crippen molar-refractivity contribution >= 4 is 35.8 Å². The van der Waals surface area contributed by atoms with Crippen molar-refractivity contribution in [3.63, 3.8) is 0 Å². The van der Waals surface area contributed by atoms with E-state index in [4.69, 9.17) is 0 Å². The highest BCUT2D eigenvalue weighted by molar-refractivity contribution is 14.0. The monoisotopic (exact) mass is 390 g/mol. The highest BCUT2D eigenvalue weighted by atomic mass is 127. The molecule has 1 rings (SSSR count). The first kappa shape index (κ1) is 18.3. The van der Waals surface area contributed by atoms with Crippen molar-refractivity contribution in [2.45, 2.75) is 32.2 Å². The Morgan fingerprint density at radius 3 is 2.74 bits per heavy atom. The van der Waals surface area contributed by atoms with E-state index in [9.17, 15) is 13.6 Å². The molecule has 0 aromatic rings. The van der Waals surface area contributed by atoms with Crippen LogP contribution in [0.3, 0.4) is 0 Å². The molecule has 1 amide bonds. The lowest BCUT2D eigenvalue weighted by Crippen LogP contribution is -2.46. The minimum absolute atomic E-state index is 0. The number of hydrogen-bond acceptors (Lipinski definition) is 2. The third-order valence-electron chi connectivity index (χ3n) is 2.83. The van der Waals surface area contributed by atoms with E-state index in [0.717, 1.165) is 6.42 Å². The van der Waals surface area contributed by atoms with Crippen LogP contribution in [-0.4, -0.2) is 55.9 Å². The number of hydrogen-bond donors (Lipinski definition) is 2. The zero-order chi connectivity index (χ0) is 13.5. The first-order valence-corrected chi connectivity index (χ1v) is 6.10. The van der Waals surface area contributed by atoms with Crippen LogP contribution in [0.15, 0.2) is 4.99 Å². The number of likely N-dealkylation sites (tertiary alicyclic amines) is 1. The van der Waals surface area contributed by atoms with Gasteiger partial charge in [-0.15, -0.1) is 24.0 Å². The lowest BCUT2D eigenvalue weighted by Gasteiger charge is -2.18. The average molecular weight is 390 g/mol. The average Bonchev–Trinajstić information content (AvgIpc) is 2.81. The summed E-state index contributed by atoms with van der Waals surface area (Å²) in [6, 6.07) is 0.0735. The lowest BCUT2D eigenvalue weighted by atomic mass is 10.3. The summed E-state index contributed by atoms with van der Waals surface area (Å²) in [7, 11) is 1.53. The Kier molecular flexibility index (Phi) is 8.94. The molecule has 1 atom stereocenters. The maximum Gasteiger partial charge on any atom is 0.255 e. The third-order valence-corrected chi connectivity index (χ3v) is 2.83. The van der Waals surface area contributed by atoms with Gasteiger partial charge in [0.1, 0.15) is 0 Å². The number of nitrogens with one attached hydrogen (secondary N) is 2. The second-order valence-electron chi connectivity index (χ2n) is 4.17. The summed E-state index contributed by atoms with van der Waals surface area (Å²) in [4.78, 5) is 17.1. The van der Waals surface area contributed by atoms with E-state index in [-0.39, 0.29) is 35.9 Å². The van der Waals surface area contributed by atoms with Gasteiger partial charge in [-0.2, -0.15) is 0 Å². The highest BCUT2D eigenvalue weighted by Gasteiger charge is 2.25. The number of alkyl halides is 2. The summed E-state index contributed by atoms with van der Waals surface area (Å²) in [5, 5.41) is 5.58. The topological polar surface area (TPSA) is 56.7 Å².